The zero-order valence-corrected chi connectivity index (χ0v) is 15.9. The molecule has 1 unspecified atom stereocenters. The van der Waals surface area contributed by atoms with Gasteiger partial charge >= 0.3 is 0 Å². The fourth-order valence-corrected chi connectivity index (χ4v) is 4.15. The molecule has 1 saturated heterocycles. The number of para-hydroxylation sites is 1. The molecule has 1 aliphatic heterocycles. The van der Waals surface area contributed by atoms with Crippen LogP contribution in [0.25, 0.3) is 0 Å². The van der Waals surface area contributed by atoms with E-state index in [4.69, 9.17) is 0 Å². The van der Waals surface area contributed by atoms with Crippen LogP contribution in [0.2, 0.25) is 0 Å². The first-order chi connectivity index (χ1) is 13.2. The van der Waals surface area contributed by atoms with Crippen molar-refractivity contribution in [2.45, 2.75) is 32.4 Å². The van der Waals surface area contributed by atoms with Crippen LogP contribution < -0.4 is 5.32 Å². The lowest BCUT2D eigenvalue weighted by Crippen LogP contribution is -2.23. The van der Waals surface area contributed by atoms with E-state index in [2.05, 4.69) is 37.5 Å². The van der Waals surface area contributed by atoms with Crippen molar-refractivity contribution < 1.29 is 4.79 Å². The van der Waals surface area contributed by atoms with Crippen molar-refractivity contribution in [1.29, 1.82) is 0 Å². The lowest BCUT2D eigenvalue weighted by Gasteiger charge is -2.22. The molecule has 1 fully saturated rings. The van der Waals surface area contributed by atoms with Crippen LogP contribution in [-0.4, -0.2) is 32.5 Å². The molecule has 1 N–H and O–H groups in total. The Labute approximate surface area is 162 Å². The van der Waals surface area contributed by atoms with E-state index in [9.17, 15) is 4.79 Å². The molecule has 3 heterocycles. The molecule has 6 nitrogen and oxygen atoms in total. The Morgan fingerprint density at radius 1 is 1.19 bits per heavy atom. The van der Waals surface area contributed by atoms with Crippen LogP contribution in [0.15, 0.2) is 48.5 Å². The lowest BCUT2D eigenvalue weighted by atomic mass is 10.1. The molecule has 1 amide bonds. The Morgan fingerprint density at radius 2 is 2.04 bits per heavy atom. The van der Waals surface area contributed by atoms with Gasteiger partial charge in [-0.3, -0.25) is 14.7 Å². The predicted molar refractivity (Wildman–Crippen MR) is 106 cm³/mol. The van der Waals surface area contributed by atoms with Gasteiger partial charge in [-0.05, 0) is 50.6 Å². The van der Waals surface area contributed by atoms with Crippen LogP contribution in [-0.2, 0) is 6.54 Å². The smallest absolute Gasteiger partial charge is 0.286 e. The Balaban J connectivity index is 1.43. The Morgan fingerprint density at radius 3 is 2.85 bits per heavy atom. The van der Waals surface area contributed by atoms with Gasteiger partial charge in [0.25, 0.3) is 5.91 Å². The standard InChI is InChI=1S/C20H21N5OS/c1-14-7-5-10-16(21-14)17-11-6-12-25(17)13-18-23-24-20(27-18)19(26)22-15-8-3-2-4-9-15/h2-5,7-10,17H,6,11-13H2,1H3,(H,22,26). The summed E-state index contributed by atoms with van der Waals surface area (Å²) in [7, 11) is 0. The summed E-state index contributed by atoms with van der Waals surface area (Å²) in [5.74, 6) is -0.219. The molecule has 0 spiro atoms. The van der Waals surface area contributed by atoms with Crippen LogP contribution >= 0.6 is 11.3 Å². The molecule has 0 radical (unpaired) electrons. The number of carbonyl (C=O) groups is 1. The van der Waals surface area contributed by atoms with Crippen molar-refractivity contribution in [2.75, 3.05) is 11.9 Å². The van der Waals surface area contributed by atoms with Gasteiger partial charge in [0.15, 0.2) is 0 Å². The first-order valence-electron chi connectivity index (χ1n) is 9.05. The number of rotatable bonds is 5. The molecular weight excluding hydrogens is 358 g/mol. The minimum atomic E-state index is -0.219. The van der Waals surface area contributed by atoms with E-state index in [0.717, 1.165) is 41.5 Å². The summed E-state index contributed by atoms with van der Waals surface area (Å²) < 4.78 is 0. The van der Waals surface area contributed by atoms with Crippen LogP contribution in [0.4, 0.5) is 5.69 Å². The van der Waals surface area contributed by atoms with E-state index in [-0.39, 0.29) is 5.91 Å². The predicted octanol–water partition coefficient (Wildman–Crippen LogP) is 3.83. The third-order valence-electron chi connectivity index (χ3n) is 4.65. The van der Waals surface area contributed by atoms with Crippen molar-refractivity contribution in [1.82, 2.24) is 20.1 Å². The largest absolute Gasteiger partial charge is 0.320 e. The molecule has 7 heteroatoms. The van der Waals surface area contributed by atoms with Gasteiger partial charge in [-0.15, -0.1) is 10.2 Å². The Kier molecular flexibility index (Phi) is 5.22. The number of anilines is 1. The number of hydrogen-bond acceptors (Lipinski definition) is 6. The second-order valence-corrected chi connectivity index (χ2v) is 7.72. The molecular formula is C20H21N5OS. The number of pyridine rings is 1. The molecule has 138 valence electrons. The molecule has 2 aromatic heterocycles. The van der Waals surface area contributed by atoms with Crippen LogP contribution in [0.5, 0.6) is 0 Å². The summed E-state index contributed by atoms with van der Waals surface area (Å²) in [5.41, 5.74) is 2.90. The zero-order chi connectivity index (χ0) is 18.6. The average molecular weight is 379 g/mol. The highest BCUT2D eigenvalue weighted by molar-refractivity contribution is 7.13. The number of nitrogens with one attached hydrogen (secondary N) is 1. The first-order valence-corrected chi connectivity index (χ1v) is 9.87. The number of benzene rings is 1. The summed E-state index contributed by atoms with van der Waals surface area (Å²) in [6, 6.07) is 15.9. The molecule has 3 aromatic rings. The molecule has 4 rings (SSSR count). The van der Waals surface area contributed by atoms with E-state index >= 15 is 0 Å². The van der Waals surface area contributed by atoms with Gasteiger partial charge in [0.2, 0.25) is 5.01 Å². The first kappa shape index (κ1) is 17.8. The Bertz CT molecular complexity index is 927. The topological polar surface area (TPSA) is 71.0 Å². The maximum atomic E-state index is 12.4. The summed E-state index contributed by atoms with van der Waals surface area (Å²) >= 11 is 1.35. The van der Waals surface area contributed by atoms with Crippen LogP contribution in [0.3, 0.4) is 0 Å². The summed E-state index contributed by atoms with van der Waals surface area (Å²) in [5, 5.41) is 12.4. The number of aromatic nitrogens is 3. The highest BCUT2D eigenvalue weighted by Crippen LogP contribution is 2.32. The minimum Gasteiger partial charge on any atom is -0.320 e. The molecule has 1 atom stereocenters. The summed E-state index contributed by atoms with van der Waals surface area (Å²) in [4.78, 5) is 19.4. The zero-order valence-electron chi connectivity index (χ0n) is 15.1. The van der Waals surface area contributed by atoms with Gasteiger partial charge in [0.05, 0.1) is 18.3 Å². The third kappa shape index (κ3) is 4.20. The van der Waals surface area contributed by atoms with Gasteiger partial charge < -0.3 is 5.32 Å². The third-order valence-corrected chi connectivity index (χ3v) is 5.55. The molecule has 1 aromatic carbocycles. The second kappa shape index (κ2) is 7.94. The summed E-state index contributed by atoms with van der Waals surface area (Å²) in [6.07, 6.45) is 2.23. The van der Waals surface area contributed by atoms with E-state index in [1.807, 2.05) is 43.3 Å². The van der Waals surface area contributed by atoms with Gasteiger partial charge in [-0.1, -0.05) is 35.6 Å². The lowest BCUT2D eigenvalue weighted by molar-refractivity contribution is 0.102. The van der Waals surface area contributed by atoms with Crippen LogP contribution in [0.1, 0.15) is 45.1 Å². The second-order valence-electron chi connectivity index (χ2n) is 6.65. The van der Waals surface area contributed by atoms with E-state index in [1.54, 1.807) is 0 Å². The number of carbonyl (C=O) groups excluding carboxylic acids is 1. The van der Waals surface area contributed by atoms with Crippen molar-refractivity contribution in [3.8, 4) is 0 Å². The van der Waals surface area contributed by atoms with E-state index in [1.165, 1.54) is 11.3 Å². The van der Waals surface area contributed by atoms with Crippen LogP contribution in [0, 0.1) is 6.92 Å². The Hall–Kier alpha value is -2.64. The van der Waals surface area contributed by atoms with E-state index < -0.39 is 0 Å². The molecule has 1 aliphatic rings. The fraction of sp³-hybridized carbons (Fsp3) is 0.300. The highest BCUT2D eigenvalue weighted by atomic mass is 32.1. The van der Waals surface area contributed by atoms with Gasteiger partial charge in [0.1, 0.15) is 5.01 Å². The molecule has 0 aliphatic carbocycles. The van der Waals surface area contributed by atoms with Crippen molar-refractivity contribution >= 4 is 22.9 Å². The summed E-state index contributed by atoms with van der Waals surface area (Å²) in [6.45, 7) is 3.72. The van der Waals surface area contributed by atoms with Crippen molar-refractivity contribution in [2.24, 2.45) is 0 Å². The van der Waals surface area contributed by atoms with Gasteiger partial charge in [-0.25, -0.2) is 0 Å². The van der Waals surface area contributed by atoms with Crippen molar-refractivity contribution in [3.05, 3.63) is 69.9 Å². The minimum absolute atomic E-state index is 0.219. The molecule has 0 saturated carbocycles. The van der Waals surface area contributed by atoms with Gasteiger partial charge in [-0.2, -0.15) is 0 Å². The highest BCUT2D eigenvalue weighted by Gasteiger charge is 2.28. The number of nitrogens with zero attached hydrogens (tertiary/aromatic N) is 4. The van der Waals surface area contributed by atoms with E-state index in [0.29, 0.717) is 17.6 Å². The van der Waals surface area contributed by atoms with Gasteiger partial charge in [0, 0.05) is 11.4 Å². The maximum Gasteiger partial charge on any atom is 0.286 e. The number of amides is 1. The molecule has 0 bridgehead atoms. The quantitative estimate of drug-likeness (QED) is 0.729. The number of likely N-dealkylation sites (tertiary alicyclic amines) is 1. The fourth-order valence-electron chi connectivity index (χ4n) is 3.39. The SMILES string of the molecule is Cc1cccc(C2CCCN2Cc2nnc(C(=O)Nc3ccccc3)s2)n1. The monoisotopic (exact) mass is 379 g/mol. The molecule has 27 heavy (non-hydrogen) atoms. The average Bonchev–Trinajstić information content (AvgIpc) is 3.33. The normalized spacial score (nSPS) is 17.1. The number of aryl methyl sites for hydroxylation is 1. The van der Waals surface area contributed by atoms with Crippen molar-refractivity contribution in [3.63, 3.8) is 0 Å². The maximum absolute atomic E-state index is 12.4. The number of hydrogen-bond donors (Lipinski definition) is 1.